The molecule has 0 saturated carbocycles. The molecule has 1 amide bonds. The first-order valence-corrected chi connectivity index (χ1v) is 10.5. The summed E-state index contributed by atoms with van der Waals surface area (Å²) in [7, 11) is 3.92. The third kappa shape index (κ3) is 4.74. The van der Waals surface area contributed by atoms with Crippen LogP contribution in [-0.2, 0) is 0 Å². The lowest BCUT2D eigenvalue weighted by Gasteiger charge is -2.21. The molecule has 0 spiro atoms. The fourth-order valence-corrected chi connectivity index (χ4v) is 4.09. The summed E-state index contributed by atoms with van der Waals surface area (Å²) in [6.07, 6.45) is 0.702. The number of carbonyl (C=O) groups is 1. The van der Waals surface area contributed by atoms with E-state index in [1.807, 2.05) is 44.1 Å². The van der Waals surface area contributed by atoms with Crippen LogP contribution < -0.4 is 9.64 Å². The SMILES string of the molecule is CCOc1cccc2sc(N(CCCN(C)C)C(=O)c3ccccc3[N+](=O)[O-])nc12. The van der Waals surface area contributed by atoms with Crippen LogP contribution >= 0.6 is 11.3 Å². The van der Waals surface area contributed by atoms with E-state index in [1.165, 1.54) is 28.4 Å². The summed E-state index contributed by atoms with van der Waals surface area (Å²) in [5, 5.41) is 11.9. The van der Waals surface area contributed by atoms with Crippen molar-refractivity contribution in [1.29, 1.82) is 0 Å². The predicted molar refractivity (Wildman–Crippen MR) is 119 cm³/mol. The molecule has 0 N–H and O–H groups in total. The summed E-state index contributed by atoms with van der Waals surface area (Å²) in [5.41, 5.74) is 0.528. The number of nitrogens with zero attached hydrogens (tertiary/aromatic N) is 4. The molecule has 30 heavy (non-hydrogen) atoms. The third-order valence-corrected chi connectivity index (χ3v) is 5.51. The Morgan fingerprint density at radius 1 is 1.17 bits per heavy atom. The van der Waals surface area contributed by atoms with Crippen LogP contribution in [0.15, 0.2) is 42.5 Å². The number of nitro groups is 1. The maximum absolute atomic E-state index is 13.4. The van der Waals surface area contributed by atoms with Gasteiger partial charge in [0, 0.05) is 12.6 Å². The second-order valence-electron chi connectivity index (χ2n) is 6.92. The van der Waals surface area contributed by atoms with Crippen LogP contribution in [0.4, 0.5) is 10.8 Å². The molecule has 2 aromatic carbocycles. The summed E-state index contributed by atoms with van der Waals surface area (Å²) in [6, 6.07) is 11.7. The number of hydrogen-bond acceptors (Lipinski definition) is 7. The van der Waals surface area contributed by atoms with Crippen LogP contribution in [0.25, 0.3) is 10.2 Å². The van der Waals surface area contributed by atoms with E-state index in [2.05, 4.69) is 4.98 Å². The zero-order valence-corrected chi connectivity index (χ0v) is 18.0. The standard InChI is InChI=1S/C21H24N4O4S/c1-4-29-17-11-7-12-18-19(17)22-21(30-18)24(14-8-13-23(2)3)20(26)15-9-5-6-10-16(15)25(27)28/h5-7,9-12H,4,8,13-14H2,1-3H3. The average molecular weight is 429 g/mol. The van der Waals surface area contributed by atoms with Gasteiger partial charge in [-0.2, -0.15) is 0 Å². The Morgan fingerprint density at radius 2 is 1.93 bits per heavy atom. The zero-order chi connectivity index (χ0) is 21.7. The Hall–Kier alpha value is -3.04. The van der Waals surface area contributed by atoms with Crippen LogP contribution in [0.1, 0.15) is 23.7 Å². The van der Waals surface area contributed by atoms with Crippen molar-refractivity contribution in [2.75, 3.05) is 38.7 Å². The van der Waals surface area contributed by atoms with E-state index < -0.39 is 10.8 Å². The minimum atomic E-state index is -0.531. The minimum Gasteiger partial charge on any atom is -0.492 e. The van der Waals surface area contributed by atoms with E-state index in [0.717, 1.165) is 11.2 Å². The Kier molecular flexibility index (Phi) is 6.96. The number of amides is 1. The normalized spacial score (nSPS) is 11.1. The van der Waals surface area contributed by atoms with Crippen molar-refractivity contribution in [3.8, 4) is 5.75 Å². The van der Waals surface area contributed by atoms with Gasteiger partial charge in [-0.3, -0.25) is 19.8 Å². The predicted octanol–water partition coefficient (Wildman–Crippen LogP) is 4.20. The fourth-order valence-electron chi connectivity index (χ4n) is 3.09. The van der Waals surface area contributed by atoms with Gasteiger partial charge in [-0.1, -0.05) is 29.5 Å². The first-order chi connectivity index (χ1) is 14.4. The van der Waals surface area contributed by atoms with Crippen LogP contribution in [-0.4, -0.2) is 54.5 Å². The number of hydrogen-bond donors (Lipinski definition) is 0. The van der Waals surface area contributed by atoms with Crippen molar-refractivity contribution in [3.63, 3.8) is 0 Å². The highest BCUT2D eigenvalue weighted by atomic mass is 32.1. The first-order valence-electron chi connectivity index (χ1n) is 9.64. The van der Waals surface area contributed by atoms with Gasteiger partial charge in [0.25, 0.3) is 11.6 Å². The van der Waals surface area contributed by atoms with Crippen molar-refractivity contribution in [2.45, 2.75) is 13.3 Å². The number of para-hydroxylation sites is 2. The highest BCUT2D eigenvalue weighted by Crippen LogP contribution is 2.35. The summed E-state index contributed by atoms with van der Waals surface area (Å²) in [6.45, 7) is 3.58. The van der Waals surface area contributed by atoms with E-state index >= 15 is 0 Å². The van der Waals surface area contributed by atoms with Crippen LogP contribution in [0.5, 0.6) is 5.75 Å². The number of rotatable bonds is 9. The monoisotopic (exact) mass is 428 g/mol. The first kappa shape index (κ1) is 21.7. The molecule has 0 fully saturated rings. The fraction of sp³-hybridized carbons (Fsp3) is 0.333. The number of ether oxygens (including phenoxy) is 1. The molecular weight excluding hydrogens is 404 g/mol. The number of fused-ring (bicyclic) bond motifs is 1. The molecular formula is C21H24N4O4S. The van der Waals surface area contributed by atoms with Crippen molar-refractivity contribution < 1.29 is 14.5 Å². The maximum atomic E-state index is 13.4. The molecule has 9 heteroatoms. The van der Waals surface area contributed by atoms with E-state index in [4.69, 9.17) is 4.74 Å². The minimum absolute atomic E-state index is 0.0524. The zero-order valence-electron chi connectivity index (χ0n) is 17.2. The quantitative estimate of drug-likeness (QED) is 0.375. The second kappa shape index (κ2) is 9.64. The average Bonchev–Trinajstić information content (AvgIpc) is 3.15. The van der Waals surface area contributed by atoms with Gasteiger partial charge in [-0.25, -0.2) is 4.98 Å². The van der Waals surface area contributed by atoms with Gasteiger partial charge in [-0.15, -0.1) is 0 Å². The van der Waals surface area contributed by atoms with Crippen molar-refractivity contribution in [2.24, 2.45) is 0 Å². The molecule has 0 bridgehead atoms. The molecule has 0 unspecified atom stereocenters. The number of anilines is 1. The second-order valence-corrected chi connectivity index (χ2v) is 7.93. The molecule has 3 aromatic rings. The highest BCUT2D eigenvalue weighted by molar-refractivity contribution is 7.22. The van der Waals surface area contributed by atoms with E-state index in [9.17, 15) is 14.9 Å². The molecule has 0 aliphatic heterocycles. The van der Waals surface area contributed by atoms with Gasteiger partial charge < -0.3 is 9.64 Å². The number of thiazole rings is 1. The van der Waals surface area contributed by atoms with Gasteiger partial charge in [0.2, 0.25) is 0 Å². The van der Waals surface area contributed by atoms with Gasteiger partial charge >= 0.3 is 0 Å². The van der Waals surface area contributed by atoms with E-state index in [-0.39, 0.29) is 11.3 Å². The van der Waals surface area contributed by atoms with Crippen molar-refractivity contribution in [3.05, 3.63) is 58.1 Å². The lowest BCUT2D eigenvalue weighted by molar-refractivity contribution is -0.385. The molecule has 0 atom stereocenters. The molecule has 0 aliphatic carbocycles. The lowest BCUT2D eigenvalue weighted by Crippen LogP contribution is -2.33. The molecule has 1 aromatic heterocycles. The van der Waals surface area contributed by atoms with Gasteiger partial charge in [0.1, 0.15) is 16.8 Å². The molecule has 0 saturated heterocycles. The summed E-state index contributed by atoms with van der Waals surface area (Å²) in [4.78, 5) is 32.5. The Bertz CT molecular complexity index is 1050. The Balaban J connectivity index is 2.03. The van der Waals surface area contributed by atoms with Crippen molar-refractivity contribution in [1.82, 2.24) is 9.88 Å². The van der Waals surface area contributed by atoms with Gasteiger partial charge in [0.15, 0.2) is 5.13 Å². The number of nitro benzene ring substituents is 1. The lowest BCUT2D eigenvalue weighted by atomic mass is 10.1. The summed E-state index contributed by atoms with van der Waals surface area (Å²) < 4.78 is 6.56. The summed E-state index contributed by atoms with van der Waals surface area (Å²) >= 11 is 1.37. The Morgan fingerprint density at radius 3 is 2.63 bits per heavy atom. The molecule has 3 rings (SSSR count). The third-order valence-electron chi connectivity index (χ3n) is 4.46. The highest BCUT2D eigenvalue weighted by Gasteiger charge is 2.27. The topological polar surface area (TPSA) is 88.8 Å². The van der Waals surface area contributed by atoms with Crippen LogP contribution in [0, 0.1) is 10.1 Å². The largest absolute Gasteiger partial charge is 0.492 e. The smallest absolute Gasteiger partial charge is 0.282 e. The van der Waals surface area contributed by atoms with Crippen LogP contribution in [0.3, 0.4) is 0 Å². The van der Waals surface area contributed by atoms with E-state index in [1.54, 1.807) is 12.1 Å². The van der Waals surface area contributed by atoms with E-state index in [0.29, 0.717) is 36.0 Å². The Labute approximate surface area is 178 Å². The molecule has 0 radical (unpaired) electrons. The number of benzene rings is 2. The number of carbonyl (C=O) groups excluding carboxylic acids is 1. The van der Waals surface area contributed by atoms with Gasteiger partial charge in [-0.05, 0) is 52.2 Å². The molecule has 0 aliphatic rings. The molecule has 158 valence electrons. The number of aromatic nitrogens is 1. The molecule has 1 heterocycles. The summed E-state index contributed by atoms with van der Waals surface area (Å²) in [5.74, 6) is 0.224. The van der Waals surface area contributed by atoms with Crippen LogP contribution in [0.2, 0.25) is 0 Å². The molecule has 8 nitrogen and oxygen atoms in total. The maximum Gasteiger partial charge on any atom is 0.282 e. The van der Waals surface area contributed by atoms with Crippen molar-refractivity contribution >= 4 is 38.3 Å². The van der Waals surface area contributed by atoms with Gasteiger partial charge in [0.05, 0.1) is 16.2 Å².